The molecule has 2 aliphatic carbocycles. The zero-order chi connectivity index (χ0) is 14.2. The Morgan fingerprint density at radius 1 is 1.15 bits per heavy atom. The highest BCUT2D eigenvalue weighted by atomic mass is 16.5. The number of hydrogen-bond donors (Lipinski definition) is 1. The lowest BCUT2D eigenvalue weighted by Crippen LogP contribution is -2.47. The van der Waals surface area contributed by atoms with Crippen LogP contribution in [0.1, 0.15) is 71.6 Å². The van der Waals surface area contributed by atoms with Gasteiger partial charge in [0.1, 0.15) is 0 Å². The van der Waals surface area contributed by atoms with Gasteiger partial charge in [-0.15, -0.1) is 0 Å². The van der Waals surface area contributed by atoms with Gasteiger partial charge in [0.05, 0.1) is 12.1 Å². The van der Waals surface area contributed by atoms with Crippen molar-refractivity contribution in [3.05, 3.63) is 11.6 Å². The van der Waals surface area contributed by atoms with Gasteiger partial charge in [0.15, 0.2) is 0 Å². The molecule has 0 bridgehead atoms. The van der Waals surface area contributed by atoms with E-state index in [4.69, 9.17) is 4.74 Å². The van der Waals surface area contributed by atoms with Gasteiger partial charge in [0, 0.05) is 6.61 Å². The predicted octanol–water partition coefficient (Wildman–Crippen LogP) is 4.45. The summed E-state index contributed by atoms with van der Waals surface area (Å²) in [6.07, 6.45) is 15.1. The molecule has 0 radical (unpaired) electrons. The van der Waals surface area contributed by atoms with Crippen molar-refractivity contribution < 1.29 is 4.74 Å². The lowest BCUT2D eigenvalue weighted by Gasteiger charge is -2.38. The smallest absolute Gasteiger partial charge is 0.0794 e. The highest BCUT2D eigenvalue weighted by molar-refractivity contribution is 5.16. The molecule has 0 spiro atoms. The van der Waals surface area contributed by atoms with Gasteiger partial charge in [-0.25, -0.2) is 0 Å². The number of nitrogens with one attached hydrogen (secondary N) is 1. The first-order valence-corrected chi connectivity index (χ1v) is 8.90. The summed E-state index contributed by atoms with van der Waals surface area (Å²) in [5.74, 6) is 0.760. The van der Waals surface area contributed by atoms with E-state index >= 15 is 0 Å². The maximum absolute atomic E-state index is 6.25. The van der Waals surface area contributed by atoms with E-state index in [9.17, 15) is 0 Å². The Kier molecular flexibility index (Phi) is 7.09. The lowest BCUT2D eigenvalue weighted by atomic mass is 9.79. The molecule has 2 nitrogen and oxygen atoms in total. The van der Waals surface area contributed by atoms with E-state index in [2.05, 4.69) is 25.2 Å². The second-order valence-electron chi connectivity index (χ2n) is 6.38. The van der Waals surface area contributed by atoms with Gasteiger partial charge < -0.3 is 10.1 Å². The van der Waals surface area contributed by atoms with Crippen molar-refractivity contribution >= 4 is 0 Å². The molecule has 2 rings (SSSR count). The number of hydrogen-bond acceptors (Lipinski definition) is 2. The number of likely N-dealkylation sites (N-methyl/N-ethyl adjacent to an activating group) is 1. The molecule has 0 saturated heterocycles. The highest BCUT2D eigenvalue weighted by Gasteiger charge is 2.32. The summed E-state index contributed by atoms with van der Waals surface area (Å²) in [7, 11) is 0. The Bertz CT molecular complexity index is 294. The topological polar surface area (TPSA) is 21.3 Å². The maximum Gasteiger partial charge on any atom is 0.0794 e. The molecule has 20 heavy (non-hydrogen) atoms. The van der Waals surface area contributed by atoms with E-state index in [-0.39, 0.29) is 0 Å². The van der Waals surface area contributed by atoms with Crippen LogP contribution in [0.5, 0.6) is 0 Å². The SMILES string of the molecule is CCNC(C1=CCCCC1)C(OCC)C1CCCCC1. The number of rotatable bonds is 7. The van der Waals surface area contributed by atoms with Crippen LogP contribution in [0.4, 0.5) is 0 Å². The molecule has 2 atom stereocenters. The molecule has 0 heterocycles. The van der Waals surface area contributed by atoms with Crippen molar-refractivity contribution in [3.8, 4) is 0 Å². The first-order valence-electron chi connectivity index (χ1n) is 8.90. The minimum atomic E-state index is 0.393. The van der Waals surface area contributed by atoms with Crippen molar-refractivity contribution in [2.75, 3.05) is 13.2 Å². The fraction of sp³-hybridized carbons (Fsp3) is 0.889. The van der Waals surface area contributed by atoms with E-state index in [0.29, 0.717) is 12.1 Å². The zero-order valence-corrected chi connectivity index (χ0v) is 13.5. The van der Waals surface area contributed by atoms with E-state index in [1.54, 1.807) is 5.57 Å². The van der Waals surface area contributed by atoms with Crippen LogP contribution in [0.25, 0.3) is 0 Å². The van der Waals surface area contributed by atoms with Crippen LogP contribution in [0.15, 0.2) is 11.6 Å². The highest BCUT2D eigenvalue weighted by Crippen LogP contribution is 2.33. The quantitative estimate of drug-likeness (QED) is 0.695. The fourth-order valence-corrected chi connectivity index (χ4v) is 3.98. The van der Waals surface area contributed by atoms with Crippen LogP contribution < -0.4 is 5.32 Å². The number of ether oxygens (including phenoxy) is 1. The van der Waals surface area contributed by atoms with E-state index in [0.717, 1.165) is 19.1 Å². The maximum atomic E-state index is 6.25. The molecule has 2 aliphatic rings. The van der Waals surface area contributed by atoms with Crippen molar-refractivity contribution in [2.24, 2.45) is 5.92 Å². The van der Waals surface area contributed by atoms with Crippen LogP contribution in [-0.2, 0) is 4.74 Å². The molecule has 1 fully saturated rings. The molecule has 116 valence electrons. The molecule has 1 saturated carbocycles. The van der Waals surface area contributed by atoms with Gasteiger partial charge in [-0.3, -0.25) is 0 Å². The van der Waals surface area contributed by atoms with Gasteiger partial charge in [-0.2, -0.15) is 0 Å². The monoisotopic (exact) mass is 279 g/mol. The summed E-state index contributed by atoms with van der Waals surface area (Å²) in [5.41, 5.74) is 1.63. The second-order valence-corrected chi connectivity index (χ2v) is 6.38. The Labute approximate surface area is 125 Å². The average molecular weight is 279 g/mol. The number of allylic oxidation sites excluding steroid dienone is 1. The van der Waals surface area contributed by atoms with Crippen LogP contribution in [0.2, 0.25) is 0 Å². The summed E-state index contributed by atoms with van der Waals surface area (Å²) in [6.45, 7) is 6.25. The van der Waals surface area contributed by atoms with E-state index in [1.807, 2.05) is 0 Å². The second kappa shape index (κ2) is 8.84. The van der Waals surface area contributed by atoms with Crippen molar-refractivity contribution in [3.63, 3.8) is 0 Å². The Morgan fingerprint density at radius 2 is 1.95 bits per heavy atom. The van der Waals surface area contributed by atoms with Crippen LogP contribution in [0.3, 0.4) is 0 Å². The molecule has 0 aliphatic heterocycles. The van der Waals surface area contributed by atoms with Crippen molar-refractivity contribution in [2.45, 2.75) is 83.8 Å². The minimum absolute atomic E-state index is 0.393. The normalized spacial score (nSPS) is 24.2. The largest absolute Gasteiger partial charge is 0.376 e. The van der Waals surface area contributed by atoms with Crippen LogP contribution in [0, 0.1) is 5.92 Å². The van der Waals surface area contributed by atoms with E-state index in [1.165, 1.54) is 57.8 Å². The summed E-state index contributed by atoms with van der Waals surface area (Å²) in [5, 5.41) is 3.74. The first kappa shape index (κ1) is 16.0. The van der Waals surface area contributed by atoms with Crippen molar-refractivity contribution in [1.82, 2.24) is 5.32 Å². The zero-order valence-electron chi connectivity index (χ0n) is 13.5. The summed E-state index contributed by atoms with van der Waals surface area (Å²) in [4.78, 5) is 0. The molecule has 2 heteroatoms. The molecule has 0 amide bonds. The molecular weight excluding hydrogens is 246 g/mol. The predicted molar refractivity (Wildman–Crippen MR) is 86.0 cm³/mol. The van der Waals surface area contributed by atoms with Gasteiger partial charge in [-0.1, -0.05) is 37.8 Å². The summed E-state index contributed by atoms with van der Waals surface area (Å²) < 4.78 is 6.25. The minimum Gasteiger partial charge on any atom is -0.376 e. The summed E-state index contributed by atoms with van der Waals surface area (Å²) in [6, 6.07) is 0.461. The Balaban J connectivity index is 2.10. The Morgan fingerprint density at radius 3 is 2.55 bits per heavy atom. The molecule has 2 unspecified atom stereocenters. The molecule has 0 aromatic carbocycles. The van der Waals surface area contributed by atoms with Crippen LogP contribution in [-0.4, -0.2) is 25.3 Å². The van der Waals surface area contributed by atoms with Gasteiger partial charge >= 0.3 is 0 Å². The average Bonchev–Trinajstić information content (AvgIpc) is 2.52. The lowest BCUT2D eigenvalue weighted by molar-refractivity contribution is -0.0103. The third kappa shape index (κ3) is 4.33. The molecule has 1 N–H and O–H groups in total. The molecule has 0 aromatic heterocycles. The summed E-state index contributed by atoms with van der Waals surface area (Å²) >= 11 is 0. The van der Waals surface area contributed by atoms with Gasteiger partial charge in [-0.05, 0) is 57.9 Å². The third-order valence-electron chi connectivity index (χ3n) is 4.95. The van der Waals surface area contributed by atoms with Gasteiger partial charge in [0.25, 0.3) is 0 Å². The van der Waals surface area contributed by atoms with Crippen LogP contribution >= 0.6 is 0 Å². The Hall–Kier alpha value is -0.340. The third-order valence-corrected chi connectivity index (χ3v) is 4.95. The molecule has 0 aromatic rings. The van der Waals surface area contributed by atoms with Gasteiger partial charge in [0.2, 0.25) is 0 Å². The first-order chi connectivity index (χ1) is 9.86. The molecular formula is C18H33NO. The fourth-order valence-electron chi connectivity index (χ4n) is 3.98. The van der Waals surface area contributed by atoms with E-state index < -0.39 is 0 Å². The van der Waals surface area contributed by atoms with Crippen molar-refractivity contribution in [1.29, 1.82) is 0 Å². The standard InChI is InChI=1S/C18H33NO/c1-3-19-17(15-11-7-5-8-12-15)18(20-4-2)16-13-9-6-10-14-16/h11,16-19H,3-10,12-14H2,1-2H3.